The lowest BCUT2D eigenvalue weighted by molar-refractivity contribution is 0.0747. The number of aromatic nitrogens is 1. The van der Waals surface area contributed by atoms with E-state index in [0.717, 1.165) is 23.4 Å². The van der Waals surface area contributed by atoms with Crippen molar-refractivity contribution in [1.82, 2.24) is 9.88 Å². The van der Waals surface area contributed by atoms with E-state index in [1.165, 1.54) is 11.3 Å². The molecule has 0 saturated carbocycles. The van der Waals surface area contributed by atoms with Gasteiger partial charge in [-0.2, -0.15) is 0 Å². The quantitative estimate of drug-likeness (QED) is 0.860. The number of carbonyl (C=O) groups excluding carboxylic acids is 1. The average Bonchev–Trinajstić information content (AvgIpc) is 2.86. The maximum absolute atomic E-state index is 12.6. The molecule has 106 valence electrons. The van der Waals surface area contributed by atoms with Gasteiger partial charge in [-0.25, -0.2) is 4.98 Å². The van der Waals surface area contributed by atoms with Crippen LogP contribution in [0.4, 0.5) is 5.69 Å². The second kappa shape index (κ2) is 6.52. The molecule has 2 rings (SSSR count). The summed E-state index contributed by atoms with van der Waals surface area (Å²) in [6, 6.07) is 7.67. The number of rotatable bonds is 5. The molecular weight excluding hydrogens is 270 g/mol. The molecule has 1 amide bonds. The number of hydrogen-bond acceptors (Lipinski definition) is 4. The van der Waals surface area contributed by atoms with E-state index in [1.807, 2.05) is 36.1 Å². The van der Waals surface area contributed by atoms with Crippen LogP contribution in [0.2, 0.25) is 0 Å². The number of thiazole rings is 1. The van der Waals surface area contributed by atoms with Crippen molar-refractivity contribution in [3.05, 3.63) is 45.9 Å². The summed E-state index contributed by atoms with van der Waals surface area (Å²) in [5, 5.41) is 0. The van der Waals surface area contributed by atoms with Gasteiger partial charge in [0.15, 0.2) is 0 Å². The third-order valence-electron chi connectivity index (χ3n) is 3.14. The van der Waals surface area contributed by atoms with Gasteiger partial charge in [0.05, 0.1) is 11.2 Å². The van der Waals surface area contributed by atoms with Crippen molar-refractivity contribution < 1.29 is 4.79 Å². The van der Waals surface area contributed by atoms with Gasteiger partial charge in [-0.05, 0) is 25.0 Å². The second-order valence-electron chi connectivity index (χ2n) is 4.69. The summed E-state index contributed by atoms with van der Waals surface area (Å²) < 4.78 is 0. The molecule has 0 atom stereocenters. The van der Waals surface area contributed by atoms with E-state index in [9.17, 15) is 4.79 Å². The van der Waals surface area contributed by atoms with E-state index in [-0.39, 0.29) is 5.91 Å². The van der Waals surface area contributed by atoms with Gasteiger partial charge in [-0.3, -0.25) is 4.79 Å². The molecule has 2 aromatic rings. The third-order valence-corrected chi connectivity index (χ3v) is 4.05. The maximum atomic E-state index is 12.6. The Kier molecular flexibility index (Phi) is 4.74. The Bertz CT molecular complexity index is 594. The van der Waals surface area contributed by atoms with Crippen LogP contribution in [0, 0.1) is 6.92 Å². The van der Waals surface area contributed by atoms with Crippen molar-refractivity contribution in [2.75, 3.05) is 12.3 Å². The fourth-order valence-corrected chi connectivity index (χ4v) is 2.83. The summed E-state index contributed by atoms with van der Waals surface area (Å²) in [6.07, 6.45) is 0.913. The largest absolute Gasteiger partial charge is 0.398 e. The van der Waals surface area contributed by atoms with Gasteiger partial charge < -0.3 is 10.6 Å². The zero-order valence-corrected chi connectivity index (χ0v) is 12.6. The van der Waals surface area contributed by atoms with E-state index in [1.54, 1.807) is 5.51 Å². The first-order valence-electron chi connectivity index (χ1n) is 6.66. The molecule has 1 aromatic heterocycles. The summed E-state index contributed by atoms with van der Waals surface area (Å²) in [6.45, 7) is 5.18. The highest BCUT2D eigenvalue weighted by Gasteiger charge is 2.19. The van der Waals surface area contributed by atoms with E-state index >= 15 is 0 Å². The van der Waals surface area contributed by atoms with E-state index in [4.69, 9.17) is 5.73 Å². The van der Waals surface area contributed by atoms with Crippen LogP contribution in [-0.2, 0) is 6.54 Å². The number of carbonyl (C=O) groups is 1. The van der Waals surface area contributed by atoms with Crippen molar-refractivity contribution >= 4 is 22.9 Å². The first-order valence-corrected chi connectivity index (χ1v) is 7.54. The first kappa shape index (κ1) is 14.5. The Hall–Kier alpha value is -1.88. The van der Waals surface area contributed by atoms with Crippen molar-refractivity contribution in [3.63, 3.8) is 0 Å². The highest BCUT2D eigenvalue weighted by atomic mass is 32.1. The number of para-hydroxylation sites is 1. The van der Waals surface area contributed by atoms with Crippen LogP contribution in [0.15, 0.2) is 29.8 Å². The minimum absolute atomic E-state index is 0.0371. The molecule has 0 spiro atoms. The number of nitrogen functional groups attached to an aromatic ring is 1. The number of nitrogens with zero attached hydrogens (tertiary/aromatic N) is 2. The Morgan fingerprint density at radius 3 is 2.75 bits per heavy atom. The Morgan fingerprint density at radius 1 is 1.40 bits per heavy atom. The minimum Gasteiger partial charge on any atom is -0.398 e. The standard InChI is InChI=1S/C15H19N3OS/c1-3-8-18(9-12-6-4-5-7-13(12)16)15(19)14-11(2)17-10-20-14/h4-7,10H,3,8-9,16H2,1-2H3. The van der Waals surface area contributed by atoms with Crippen LogP contribution in [0.3, 0.4) is 0 Å². The molecule has 20 heavy (non-hydrogen) atoms. The minimum atomic E-state index is 0.0371. The Morgan fingerprint density at radius 2 is 2.15 bits per heavy atom. The predicted molar refractivity (Wildman–Crippen MR) is 82.7 cm³/mol. The van der Waals surface area contributed by atoms with E-state index < -0.39 is 0 Å². The summed E-state index contributed by atoms with van der Waals surface area (Å²) in [5.41, 5.74) is 10.2. The lowest BCUT2D eigenvalue weighted by Gasteiger charge is -2.22. The van der Waals surface area contributed by atoms with E-state index in [2.05, 4.69) is 11.9 Å². The topological polar surface area (TPSA) is 59.2 Å². The zero-order chi connectivity index (χ0) is 14.5. The van der Waals surface area contributed by atoms with Crippen molar-refractivity contribution in [3.8, 4) is 0 Å². The van der Waals surface area contributed by atoms with Crippen molar-refractivity contribution in [2.24, 2.45) is 0 Å². The van der Waals surface area contributed by atoms with E-state index in [0.29, 0.717) is 18.0 Å². The first-order chi connectivity index (χ1) is 9.63. The molecule has 0 radical (unpaired) electrons. The number of hydrogen-bond donors (Lipinski definition) is 1. The van der Waals surface area contributed by atoms with Gasteiger partial charge in [0, 0.05) is 18.8 Å². The SMILES string of the molecule is CCCN(Cc1ccccc1N)C(=O)c1scnc1C. The Balaban J connectivity index is 2.21. The summed E-state index contributed by atoms with van der Waals surface area (Å²) in [5.74, 6) is 0.0371. The van der Waals surface area contributed by atoms with Gasteiger partial charge in [0.2, 0.25) is 0 Å². The molecule has 0 aliphatic carbocycles. The average molecular weight is 289 g/mol. The molecule has 0 aliphatic rings. The summed E-state index contributed by atoms with van der Waals surface area (Å²) in [4.78, 5) is 19.3. The second-order valence-corrected chi connectivity index (χ2v) is 5.55. The van der Waals surface area contributed by atoms with Crippen LogP contribution in [0.5, 0.6) is 0 Å². The highest BCUT2D eigenvalue weighted by Crippen LogP contribution is 2.19. The smallest absolute Gasteiger partial charge is 0.266 e. The molecule has 1 heterocycles. The van der Waals surface area contributed by atoms with Crippen LogP contribution >= 0.6 is 11.3 Å². The molecule has 0 unspecified atom stereocenters. The fraction of sp³-hybridized carbons (Fsp3) is 0.333. The predicted octanol–water partition coefficient (Wildman–Crippen LogP) is 3.09. The van der Waals surface area contributed by atoms with Crippen molar-refractivity contribution in [1.29, 1.82) is 0 Å². The number of anilines is 1. The number of benzene rings is 1. The normalized spacial score (nSPS) is 10.5. The number of amides is 1. The highest BCUT2D eigenvalue weighted by molar-refractivity contribution is 7.11. The van der Waals surface area contributed by atoms with Crippen LogP contribution in [-0.4, -0.2) is 22.3 Å². The molecular formula is C15H19N3OS. The molecule has 5 heteroatoms. The molecule has 0 saturated heterocycles. The Labute approximate surface area is 123 Å². The summed E-state index contributed by atoms with van der Waals surface area (Å²) >= 11 is 1.39. The number of aryl methyl sites for hydroxylation is 1. The van der Waals surface area contributed by atoms with Gasteiger partial charge in [0.1, 0.15) is 4.88 Å². The fourth-order valence-electron chi connectivity index (χ4n) is 2.06. The maximum Gasteiger partial charge on any atom is 0.266 e. The molecule has 2 N–H and O–H groups in total. The van der Waals surface area contributed by atoms with Crippen LogP contribution in [0.25, 0.3) is 0 Å². The van der Waals surface area contributed by atoms with Crippen LogP contribution < -0.4 is 5.73 Å². The monoisotopic (exact) mass is 289 g/mol. The van der Waals surface area contributed by atoms with Crippen LogP contribution in [0.1, 0.15) is 34.3 Å². The number of nitrogens with two attached hydrogens (primary N) is 1. The molecule has 0 bridgehead atoms. The molecule has 4 nitrogen and oxygen atoms in total. The summed E-state index contributed by atoms with van der Waals surface area (Å²) in [7, 11) is 0. The molecule has 1 aromatic carbocycles. The molecule has 0 aliphatic heterocycles. The van der Waals surface area contributed by atoms with Gasteiger partial charge in [-0.15, -0.1) is 11.3 Å². The van der Waals surface area contributed by atoms with Gasteiger partial charge in [-0.1, -0.05) is 25.1 Å². The van der Waals surface area contributed by atoms with Gasteiger partial charge in [0.25, 0.3) is 5.91 Å². The third kappa shape index (κ3) is 3.17. The van der Waals surface area contributed by atoms with Gasteiger partial charge >= 0.3 is 0 Å². The van der Waals surface area contributed by atoms with Crippen molar-refractivity contribution in [2.45, 2.75) is 26.8 Å². The lowest BCUT2D eigenvalue weighted by Crippen LogP contribution is -2.31. The zero-order valence-electron chi connectivity index (χ0n) is 11.8. The molecule has 0 fully saturated rings. The lowest BCUT2D eigenvalue weighted by atomic mass is 10.1.